The van der Waals surface area contributed by atoms with Crippen LogP contribution in [0.4, 0.5) is 0 Å². The highest BCUT2D eigenvalue weighted by molar-refractivity contribution is 5.54. The van der Waals surface area contributed by atoms with Crippen LogP contribution >= 0.6 is 0 Å². The van der Waals surface area contributed by atoms with Crippen LogP contribution in [0.25, 0.3) is 11.5 Å². The zero-order valence-electron chi connectivity index (χ0n) is 11.1. The molecule has 7 heteroatoms. The maximum absolute atomic E-state index is 5.98. The topological polar surface area (TPSA) is 86.0 Å². The molecule has 0 fully saturated rings. The lowest BCUT2D eigenvalue weighted by Crippen LogP contribution is -2.26. The number of hydrogen-bond donors (Lipinski definition) is 1. The molecule has 2 heterocycles. The van der Waals surface area contributed by atoms with Crippen molar-refractivity contribution in [3.63, 3.8) is 0 Å². The molecular weight excluding hydrogens is 232 g/mol. The van der Waals surface area contributed by atoms with Crippen LogP contribution in [0, 0.1) is 6.92 Å². The second-order valence-corrected chi connectivity index (χ2v) is 4.63. The van der Waals surface area contributed by atoms with Crippen LogP contribution < -0.4 is 5.73 Å². The lowest BCUT2D eigenvalue weighted by atomic mass is 10.2. The first kappa shape index (κ1) is 12.7. The third-order valence-corrected chi connectivity index (χ3v) is 2.58. The maximum atomic E-state index is 5.98. The van der Waals surface area contributed by atoms with E-state index in [4.69, 9.17) is 10.3 Å². The standard InChI is InChI=1S/C11H18N6O/c1-7-8(5-17(4)14-7)11-13-10(15-18-11)9(12)6-16(2)3/h5,9H,6,12H2,1-4H3. The minimum absolute atomic E-state index is 0.255. The van der Waals surface area contributed by atoms with Gasteiger partial charge in [0, 0.05) is 19.8 Å². The van der Waals surface area contributed by atoms with E-state index in [0.717, 1.165) is 11.3 Å². The molecule has 98 valence electrons. The summed E-state index contributed by atoms with van der Waals surface area (Å²) in [6.07, 6.45) is 1.85. The number of hydrogen-bond acceptors (Lipinski definition) is 6. The van der Waals surface area contributed by atoms with Crippen molar-refractivity contribution in [3.05, 3.63) is 17.7 Å². The molecule has 2 aromatic rings. The number of aryl methyl sites for hydroxylation is 2. The van der Waals surface area contributed by atoms with Gasteiger partial charge in [-0.2, -0.15) is 10.1 Å². The number of rotatable bonds is 4. The van der Waals surface area contributed by atoms with Gasteiger partial charge in [0.1, 0.15) is 0 Å². The second-order valence-electron chi connectivity index (χ2n) is 4.63. The summed E-state index contributed by atoms with van der Waals surface area (Å²) in [6, 6.07) is -0.255. The first-order valence-corrected chi connectivity index (χ1v) is 5.72. The van der Waals surface area contributed by atoms with Crippen LogP contribution in [0.3, 0.4) is 0 Å². The molecule has 0 aliphatic rings. The largest absolute Gasteiger partial charge is 0.334 e. The molecule has 0 spiro atoms. The van der Waals surface area contributed by atoms with Crippen LogP contribution in [0.1, 0.15) is 17.6 Å². The van der Waals surface area contributed by atoms with Crippen molar-refractivity contribution in [1.82, 2.24) is 24.8 Å². The van der Waals surface area contributed by atoms with E-state index in [1.54, 1.807) is 4.68 Å². The number of nitrogens with two attached hydrogens (primary N) is 1. The zero-order chi connectivity index (χ0) is 13.3. The normalized spacial score (nSPS) is 13.2. The molecule has 0 aliphatic carbocycles. The summed E-state index contributed by atoms with van der Waals surface area (Å²) in [5, 5.41) is 8.16. The van der Waals surface area contributed by atoms with E-state index >= 15 is 0 Å². The van der Waals surface area contributed by atoms with E-state index in [1.165, 1.54) is 0 Å². The molecule has 2 N–H and O–H groups in total. The number of likely N-dealkylation sites (N-methyl/N-ethyl adjacent to an activating group) is 1. The Morgan fingerprint density at radius 3 is 2.78 bits per heavy atom. The SMILES string of the molecule is Cc1nn(C)cc1-c1nc(C(N)CN(C)C)no1. The lowest BCUT2D eigenvalue weighted by Gasteiger charge is -2.12. The molecule has 0 radical (unpaired) electrons. The fourth-order valence-corrected chi connectivity index (χ4v) is 1.78. The first-order chi connectivity index (χ1) is 8.47. The molecule has 0 saturated heterocycles. The van der Waals surface area contributed by atoms with Crippen molar-refractivity contribution in [1.29, 1.82) is 0 Å². The highest BCUT2D eigenvalue weighted by atomic mass is 16.5. The Hall–Kier alpha value is -1.73. The minimum Gasteiger partial charge on any atom is -0.334 e. The van der Waals surface area contributed by atoms with Gasteiger partial charge in [0.2, 0.25) is 0 Å². The van der Waals surface area contributed by atoms with Crippen molar-refractivity contribution in [2.24, 2.45) is 12.8 Å². The summed E-state index contributed by atoms with van der Waals surface area (Å²) in [7, 11) is 5.75. The smallest absolute Gasteiger partial charge is 0.261 e. The minimum atomic E-state index is -0.255. The van der Waals surface area contributed by atoms with E-state index in [1.807, 2.05) is 39.2 Å². The van der Waals surface area contributed by atoms with Crippen molar-refractivity contribution < 1.29 is 4.52 Å². The summed E-state index contributed by atoms with van der Waals surface area (Å²) < 4.78 is 6.95. The van der Waals surface area contributed by atoms with E-state index in [0.29, 0.717) is 18.3 Å². The fourth-order valence-electron chi connectivity index (χ4n) is 1.78. The van der Waals surface area contributed by atoms with Crippen molar-refractivity contribution in [2.75, 3.05) is 20.6 Å². The van der Waals surface area contributed by atoms with Crippen LogP contribution in [0.15, 0.2) is 10.7 Å². The van der Waals surface area contributed by atoms with E-state index in [-0.39, 0.29) is 6.04 Å². The molecule has 0 bridgehead atoms. The lowest BCUT2D eigenvalue weighted by molar-refractivity contribution is 0.357. The average molecular weight is 250 g/mol. The van der Waals surface area contributed by atoms with Gasteiger partial charge in [-0.1, -0.05) is 5.16 Å². The second kappa shape index (κ2) is 4.87. The van der Waals surface area contributed by atoms with Gasteiger partial charge in [-0.05, 0) is 21.0 Å². The molecule has 2 rings (SSSR count). The van der Waals surface area contributed by atoms with E-state index in [2.05, 4.69) is 15.2 Å². The predicted molar refractivity (Wildman–Crippen MR) is 66.7 cm³/mol. The van der Waals surface area contributed by atoms with Crippen molar-refractivity contribution in [2.45, 2.75) is 13.0 Å². The predicted octanol–water partition coefficient (Wildman–Crippen LogP) is 0.340. The average Bonchev–Trinajstić information content (AvgIpc) is 2.83. The summed E-state index contributed by atoms with van der Waals surface area (Å²) in [6.45, 7) is 2.57. The van der Waals surface area contributed by atoms with Crippen molar-refractivity contribution >= 4 is 0 Å². The van der Waals surface area contributed by atoms with Gasteiger partial charge in [0.25, 0.3) is 5.89 Å². The summed E-state index contributed by atoms with van der Waals surface area (Å²) in [5.74, 6) is 0.978. The highest BCUT2D eigenvalue weighted by Crippen LogP contribution is 2.21. The summed E-state index contributed by atoms with van der Waals surface area (Å²) in [4.78, 5) is 6.31. The third kappa shape index (κ3) is 2.57. The van der Waals surface area contributed by atoms with Gasteiger partial charge in [-0.25, -0.2) is 0 Å². The molecular formula is C11H18N6O. The molecule has 0 amide bonds. The molecule has 0 aromatic carbocycles. The Kier molecular flexibility index (Phi) is 3.44. The highest BCUT2D eigenvalue weighted by Gasteiger charge is 2.18. The Balaban J connectivity index is 2.22. The Morgan fingerprint density at radius 2 is 2.22 bits per heavy atom. The Labute approximate surface area is 106 Å². The maximum Gasteiger partial charge on any atom is 0.261 e. The van der Waals surface area contributed by atoms with E-state index < -0.39 is 0 Å². The van der Waals surface area contributed by atoms with Crippen LogP contribution in [0.5, 0.6) is 0 Å². The number of nitrogens with zero attached hydrogens (tertiary/aromatic N) is 5. The first-order valence-electron chi connectivity index (χ1n) is 5.72. The monoisotopic (exact) mass is 250 g/mol. The van der Waals surface area contributed by atoms with Crippen LogP contribution in [0.2, 0.25) is 0 Å². The van der Waals surface area contributed by atoms with Crippen molar-refractivity contribution in [3.8, 4) is 11.5 Å². The van der Waals surface area contributed by atoms with Gasteiger partial charge in [-0.3, -0.25) is 4.68 Å². The van der Waals surface area contributed by atoms with E-state index in [9.17, 15) is 0 Å². The zero-order valence-corrected chi connectivity index (χ0v) is 11.1. The van der Waals surface area contributed by atoms with Gasteiger partial charge in [0.15, 0.2) is 5.82 Å². The summed E-state index contributed by atoms with van der Waals surface area (Å²) in [5.41, 5.74) is 7.68. The molecule has 2 aromatic heterocycles. The molecule has 1 atom stereocenters. The molecule has 0 aliphatic heterocycles. The van der Waals surface area contributed by atoms with Crippen LogP contribution in [-0.2, 0) is 7.05 Å². The molecule has 7 nitrogen and oxygen atoms in total. The molecule has 0 saturated carbocycles. The summed E-state index contributed by atoms with van der Waals surface area (Å²) >= 11 is 0. The quantitative estimate of drug-likeness (QED) is 0.842. The Bertz CT molecular complexity index is 529. The van der Waals surface area contributed by atoms with Gasteiger partial charge >= 0.3 is 0 Å². The van der Waals surface area contributed by atoms with Gasteiger partial charge in [-0.15, -0.1) is 0 Å². The fraction of sp³-hybridized carbons (Fsp3) is 0.545. The Morgan fingerprint density at radius 1 is 1.50 bits per heavy atom. The number of aromatic nitrogens is 4. The van der Waals surface area contributed by atoms with Gasteiger partial charge in [0.05, 0.1) is 17.3 Å². The molecule has 18 heavy (non-hydrogen) atoms. The third-order valence-electron chi connectivity index (χ3n) is 2.58. The van der Waals surface area contributed by atoms with Gasteiger partial charge < -0.3 is 15.2 Å². The molecule has 1 unspecified atom stereocenters. The van der Waals surface area contributed by atoms with Crippen LogP contribution in [-0.4, -0.2) is 45.5 Å².